The Balaban J connectivity index is 2.14. The van der Waals surface area contributed by atoms with E-state index in [1.807, 2.05) is 32.0 Å². The fourth-order valence-corrected chi connectivity index (χ4v) is 4.42. The average molecular weight is 383 g/mol. The van der Waals surface area contributed by atoms with Crippen molar-refractivity contribution < 1.29 is 17.9 Å². The minimum atomic E-state index is -3.63. The number of benzene rings is 1. The number of rotatable bonds is 7. The first-order chi connectivity index (χ1) is 11.8. The lowest BCUT2D eigenvalue weighted by Gasteiger charge is -2.15. The topological polar surface area (TPSA) is 75.7 Å². The summed E-state index contributed by atoms with van der Waals surface area (Å²) in [7, 11) is -0.624. The molecule has 2 aromatic rings. The van der Waals surface area contributed by atoms with Crippen molar-refractivity contribution in [1.29, 1.82) is 0 Å². The molecule has 136 valence electrons. The Morgan fingerprint density at radius 2 is 1.96 bits per heavy atom. The zero-order valence-corrected chi connectivity index (χ0v) is 16.3. The molecule has 25 heavy (non-hydrogen) atoms. The van der Waals surface area contributed by atoms with Crippen molar-refractivity contribution in [1.82, 2.24) is 4.31 Å². The van der Waals surface area contributed by atoms with Gasteiger partial charge in [-0.25, -0.2) is 8.42 Å². The molecule has 0 aliphatic rings. The number of sulfonamides is 1. The first kappa shape index (κ1) is 19.6. The lowest BCUT2D eigenvalue weighted by Crippen LogP contribution is -2.29. The molecule has 0 fully saturated rings. The second kappa shape index (κ2) is 8.09. The number of thiophene rings is 1. The van der Waals surface area contributed by atoms with Crippen molar-refractivity contribution in [3.05, 3.63) is 45.6 Å². The summed E-state index contributed by atoms with van der Waals surface area (Å²) >= 11 is 1.10. The quantitative estimate of drug-likeness (QED) is 0.799. The molecule has 0 aliphatic carbocycles. The van der Waals surface area contributed by atoms with Gasteiger partial charge in [0.15, 0.2) is 0 Å². The van der Waals surface area contributed by atoms with E-state index < -0.39 is 10.0 Å². The van der Waals surface area contributed by atoms with Gasteiger partial charge in [0.05, 0.1) is 16.4 Å². The second-order valence-electron chi connectivity index (χ2n) is 5.72. The van der Waals surface area contributed by atoms with Gasteiger partial charge in [0.1, 0.15) is 0 Å². The normalized spacial score (nSPS) is 11.7. The number of ether oxygens (including phenoxy) is 1. The Morgan fingerprint density at radius 3 is 2.60 bits per heavy atom. The van der Waals surface area contributed by atoms with Gasteiger partial charge in [0.2, 0.25) is 10.0 Å². The highest BCUT2D eigenvalue weighted by molar-refractivity contribution is 7.89. The molecular weight excluding hydrogens is 360 g/mol. The van der Waals surface area contributed by atoms with Crippen LogP contribution in [0.25, 0.3) is 0 Å². The molecular formula is C17H22N2O4S2. The Labute approximate surface area is 152 Å². The number of carbonyl (C=O) groups excluding carboxylic acids is 1. The van der Waals surface area contributed by atoms with Crippen LogP contribution in [0.3, 0.4) is 0 Å². The van der Waals surface area contributed by atoms with Crippen LogP contribution in [0.15, 0.2) is 34.5 Å². The maximum atomic E-state index is 12.5. The van der Waals surface area contributed by atoms with Crippen LogP contribution in [0.5, 0.6) is 0 Å². The van der Waals surface area contributed by atoms with Gasteiger partial charge >= 0.3 is 0 Å². The van der Waals surface area contributed by atoms with Gasteiger partial charge in [0.25, 0.3) is 5.91 Å². The molecule has 1 aromatic carbocycles. The van der Waals surface area contributed by atoms with E-state index >= 15 is 0 Å². The molecule has 0 radical (unpaired) electrons. The van der Waals surface area contributed by atoms with E-state index in [0.29, 0.717) is 17.2 Å². The van der Waals surface area contributed by atoms with Crippen molar-refractivity contribution in [2.75, 3.05) is 32.6 Å². The highest BCUT2D eigenvalue weighted by Gasteiger charge is 2.23. The predicted molar refractivity (Wildman–Crippen MR) is 99.9 cm³/mol. The van der Waals surface area contributed by atoms with Crippen LogP contribution in [0.4, 0.5) is 5.69 Å². The third-order valence-electron chi connectivity index (χ3n) is 3.88. The van der Waals surface area contributed by atoms with E-state index in [4.69, 9.17) is 4.74 Å². The van der Waals surface area contributed by atoms with Gasteiger partial charge < -0.3 is 10.1 Å². The van der Waals surface area contributed by atoms with Gasteiger partial charge in [-0.2, -0.15) is 4.31 Å². The number of hydrogen-bond acceptors (Lipinski definition) is 5. The number of methoxy groups -OCH3 is 1. The van der Waals surface area contributed by atoms with E-state index in [-0.39, 0.29) is 17.3 Å². The number of nitrogens with zero attached hydrogens (tertiary/aromatic N) is 1. The lowest BCUT2D eigenvalue weighted by molar-refractivity contribution is 0.103. The van der Waals surface area contributed by atoms with Gasteiger partial charge in [-0.3, -0.25) is 4.79 Å². The highest BCUT2D eigenvalue weighted by Crippen LogP contribution is 2.23. The molecule has 0 unspecified atom stereocenters. The maximum Gasteiger partial charge on any atom is 0.265 e. The van der Waals surface area contributed by atoms with Crippen molar-refractivity contribution in [3.63, 3.8) is 0 Å². The van der Waals surface area contributed by atoms with E-state index in [2.05, 4.69) is 5.32 Å². The standard InChI is InChI=1S/C17H22N2O4S2/c1-12-5-6-14(9-13(12)2)18-17(20)16-10-15(11-24-16)25(21,22)19(3)7-8-23-4/h5-6,9-11H,7-8H2,1-4H3,(H,18,20). The molecule has 0 atom stereocenters. The van der Waals surface area contributed by atoms with E-state index in [1.165, 1.54) is 29.9 Å². The summed E-state index contributed by atoms with van der Waals surface area (Å²) in [6.45, 7) is 4.52. The molecule has 0 saturated heterocycles. The number of hydrogen-bond donors (Lipinski definition) is 1. The lowest BCUT2D eigenvalue weighted by atomic mass is 10.1. The van der Waals surface area contributed by atoms with Crippen LogP contribution in [-0.2, 0) is 14.8 Å². The minimum absolute atomic E-state index is 0.112. The summed E-state index contributed by atoms with van der Waals surface area (Å²) in [4.78, 5) is 12.8. The molecule has 1 aromatic heterocycles. The fraction of sp³-hybridized carbons (Fsp3) is 0.353. The summed E-state index contributed by atoms with van der Waals surface area (Å²) in [6, 6.07) is 7.04. The van der Waals surface area contributed by atoms with Crippen molar-refractivity contribution >= 4 is 33.0 Å². The molecule has 2 rings (SSSR count). The van der Waals surface area contributed by atoms with Crippen molar-refractivity contribution in [2.24, 2.45) is 0 Å². The fourth-order valence-electron chi connectivity index (χ4n) is 2.10. The summed E-state index contributed by atoms with van der Waals surface area (Å²) in [5.41, 5.74) is 2.90. The van der Waals surface area contributed by atoms with E-state index in [1.54, 1.807) is 0 Å². The Hall–Kier alpha value is -1.74. The van der Waals surface area contributed by atoms with E-state index in [9.17, 15) is 13.2 Å². The van der Waals surface area contributed by atoms with Crippen LogP contribution in [-0.4, -0.2) is 45.9 Å². The number of amides is 1. The van der Waals surface area contributed by atoms with Crippen LogP contribution < -0.4 is 5.32 Å². The molecule has 0 bridgehead atoms. The average Bonchev–Trinajstić information content (AvgIpc) is 3.07. The Morgan fingerprint density at radius 1 is 1.24 bits per heavy atom. The van der Waals surface area contributed by atoms with Crippen LogP contribution in [0.1, 0.15) is 20.8 Å². The van der Waals surface area contributed by atoms with Crippen LogP contribution in [0.2, 0.25) is 0 Å². The Bertz CT molecular complexity index is 859. The molecule has 6 nitrogen and oxygen atoms in total. The molecule has 1 amide bonds. The molecule has 1 N–H and O–H groups in total. The van der Waals surface area contributed by atoms with Gasteiger partial charge in [-0.15, -0.1) is 11.3 Å². The van der Waals surface area contributed by atoms with Crippen LogP contribution in [0, 0.1) is 13.8 Å². The van der Waals surface area contributed by atoms with Gasteiger partial charge in [-0.1, -0.05) is 6.07 Å². The number of nitrogens with one attached hydrogen (secondary N) is 1. The number of aryl methyl sites for hydroxylation is 2. The zero-order valence-electron chi connectivity index (χ0n) is 14.7. The number of likely N-dealkylation sites (N-methyl/N-ethyl adjacent to an activating group) is 1. The SMILES string of the molecule is COCCN(C)S(=O)(=O)c1csc(C(=O)Nc2ccc(C)c(C)c2)c1. The third kappa shape index (κ3) is 4.66. The highest BCUT2D eigenvalue weighted by atomic mass is 32.2. The largest absolute Gasteiger partial charge is 0.383 e. The van der Waals surface area contributed by atoms with Gasteiger partial charge in [-0.05, 0) is 43.2 Å². The third-order valence-corrected chi connectivity index (χ3v) is 6.80. The summed E-state index contributed by atoms with van der Waals surface area (Å²) < 4.78 is 31.0. The molecule has 0 saturated carbocycles. The van der Waals surface area contributed by atoms with Crippen molar-refractivity contribution in [3.8, 4) is 0 Å². The summed E-state index contributed by atoms with van der Waals surface area (Å²) in [5, 5.41) is 4.28. The maximum absolute atomic E-state index is 12.5. The smallest absolute Gasteiger partial charge is 0.265 e. The minimum Gasteiger partial charge on any atom is -0.383 e. The first-order valence-electron chi connectivity index (χ1n) is 7.68. The molecule has 8 heteroatoms. The second-order valence-corrected chi connectivity index (χ2v) is 8.68. The number of anilines is 1. The predicted octanol–water partition coefficient (Wildman–Crippen LogP) is 2.88. The zero-order chi connectivity index (χ0) is 18.6. The summed E-state index contributed by atoms with van der Waals surface area (Å²) in [5.74, 6) is -0.325. The monoisotopic (exact) mass is 382 g/mol. The first-order valence-corrected chi connectivity index (χ1v) is 10.00. The number of carbonyl (C=O) groups is 1. The van der Waals surface area contributed by atoms with E-state index in [0.717, 1.165) is 22.5 Å². The van der Waals surface area contributed by atoms with Crippen LogP contribution >= 0.6 is 11.3 Å². The summed E-state index contributed by atoms with van der Waals surface area (Å²) in [6.07, 6.45) is 0. The van der Waals surface area contributed by atoms with Crippen molar-refractivity contribution in [2.45, 2.75) is 18.7 Å². The molecule has 0 aliphatic heterocycles. The van der Waals surface area contributed by atoms with Gasteiger partial charge in [0, 0.05) is 31.8 Å². The molecule has 0 spiro atoms. The molecule has 1 heterocycles. The Kier molecular flexibility index (Phi) is 6.34.